The van der Waals surface area contributed by atoms with Gasteiger partial charge in [-0.3, -0.25) is 0 Å². The summed E-state index contributed by atoms with van der Waals surface area (Å²) in [4.78, 5) is 0. The third-order valence-electron chi connectivity index (χ3n) is 5.29. The number of phenols is 1. The van der Waals surface area contributed by atoms with E-state index in [1.807, 2.05) is 0 Å². The zero-order chi connectivity index (χ0) is 20.3. The lowest BCUT2D eigenvalue weighted by atomic mass is 9.73. The number of rotatable bonds is 7. The summed E-state index contributed by atoms with van der Waals surface area (Å²) in [5.74, 6) is -0.277. The van der Waals surface area contributed by atoms with Gasteiger partial charge in [-0.15, -0.1) is 0 Å². The third-order valence-corrected chi connectivity index (χ3v) is 5.29. The van der Waals surface area contributed by atoms with Crippen LogP contribution in [0, 0.1) is 17.7 Å². The molecule has 2 atom stereocenters. The standard InChI is InChI=1S/C23H34FNO2/c1-7-8-9-18-21(17-11-10-16(24)12-19(17)27)20(15(6)26)23(14(4)5)25-22(18)13(2)3/h10-15,21,25-27H,7-9H2,1-6H3. The van der Waals surface area contributed by atoms with Gasteiger partial charge in [-0.05, 0) is 48.8 Å². The molecule has 1 aromatic carbocycles. The molecule has 3 nitrogen and oxygen atoms in total. The number of allylic oxidation sites excluding steroid dienone is 3. The van der Waals surface area contributed by atoms with Crippen LogP contribution in [0.15, 0.2) is 40.7 Å². The lowest BCUT2D eigenvalue weighted by Gasteiger charge is -2.39. The minimum atomic E-state index is -0.672. The monoisotopic (exact) mass is 375 g/mol. The lowest BCUT2D eigenvalue weighted by molar-refractivity contribution is 0.219. The van der Waals surface area contributed by atoms with Crippen molar-refractivity contribution in [3.63, 3.8) is 0 Å². The third kappa shape index (κ3) is 4.55. The molecule has 1 aliphatic heterocycles. The number of unbranched alkanes of at least 4 members (excludes halogenated alkanes) is 1. The van der Waals surface area contributed by atoms with Gasteiger partial charge < -0.3 is 15.5 Å². The number of phenolic OH excluding ortho intramolecular Hbond substituents is 1. The average Bonchev–Trinajstić information content (AvgIpc) is 2.58. The van der Waals surface area contributed by atoms with E-state index < -0.39 is 11.9 Å². The number of dihydropyridines is 1. The fourth-order valence-corrected chi connectivity index (χ4v) is 4.02. The number of aliphatic hydroxyl groups is 1. The van der Waals surface area contributed by atoms with E-state index in [1.54, 1.807) is 13.0 Å². The normalized spacial score (nSPS) is 19.1. The van der Waals surface area contributed by atoms with Crippen molar-refractivity contribution in [2.75, 3.05) is 0 Å². The summed E-state index contributed by atoms with van der Waals surface area (Å²) in [5.41, 5.74) is 4.89. The predicted molar refractivity (Wildman–Crippen MR) is 109 cm³/mol. The molecule has 0 radical (unpaired) electrons. The molecule has 0 spiro atoms. The molecule has 2 rings (SSSR count). The first-order chi connectivity index (χ1) is 12.7. The molecule has 150 valence electrons. The summed E-state index contributed by atoms with van der Waals surface area (Å²) in [6.45, 7) is 12.4. The van der Waals surface area contributed by atoms with Crippen molar-refractivity contribution in [2.45, 2.75) is 72.8 Å². The summed E-state index contributed by atoms with van der Waals surface area (Å²) in [7, 11) is 0. The fourth-order valence-electron chi connectivity index (χ4n) is 4.02. The second kappa shape index (κ2) is 8.92. The highest BCUT2D eigenvalue weighted by molar-refractivity contribution is 5.52. The highest BCUT2D eigenvalue weighted by Crippen LogP contribution is 2.46. The first-order valence-corrected chi connectivity index (χ1v) is 10.1. The largest absolute Gasteiger partial charge is 0.508 e. The summed E-state index contributed by atoms with van der Waals surface area (Å²) in [5, 5.41) is 24.8. The Balaban J connectivity index is 2.77. The van der Waals surface area contributed by atoms with Gasteiger partial charge in [0.2, 0.25) is 0 Å². The molecule has 4 heteroatoms. The molecule has 0 fully saturated rings. The smallest absolute Gasteiger partial charge is 0.126 e. The molecule has 2 unspecified atom stereocenters. The van der Waals surface area contributed by atoms with Gasteiger partial charge in [0.15, 0.2) is 0 Å². The van der Waals surface area contributed by atoms with Gasteiger partial charge in [0, 0.05) is 28.9 Å². The van der Waals surface area contributed by atoms with Crippen LogP contribution in [0.3, 0.4) is 0 Å². The van der Waals surface area contributed by atoms with Crippen molar-refractivity contribution < 1.29 is 14.6 Å². The summed E-state index contributed by atoms with van der Waals surface area (Å²) in [6.07, 6.45) is 2.28. The Morgan fingerprint density at radius 1 is 1.07 bits per heavy atom. The summed E-state index contributed by atoms with van der Waals surface area (Å²) in [6, 6.07) is 4.21. The van der Waals surface area contributed by atoms with Crippen LogP contribution in [-0.4, -0.2) is 16.3 Å². The minimum Gasteiger partial charge on any atom is -0.508 e. The Morgan fingerprint density at radius 3 is 2.19 bits per heavy atom. The Bertz CT molecular complexity index is 732. The maximum Gasteiger partial charge on any atom is 0.126 e. The molecule has 0 saturated carbocycles. The molecule has 0 amide bonds. The molecule has 27 heavy (non-hydrogen) atoms. The van der Waals surface area contributed by atoms with Gasteiger partial charge in [0.1, 0.15) is 11.6 Å². The number of hydrogen-bond acceptors (Lipinski definition) is 3. The summed E-state index contributed by atoms with van der Waals surface area (Å²) < 4.78 is 13.6. The van der Waals surface area contributed by atoms with Gasteiger partial charge in [-0.2, -0.15) is 0 Å². The van der Waals surface area contributed by atoms with Crippen molar-refractivity contribution in [2.24, 2.45) is 11.8 Å². The molecule has 3 N–H and O–H groups in total. The van der Waals surface area contributed by atoms with Crippen molar-refractivity contribution in [3.8, 4) is 5.75 Å². The molecule has 0 saturated heterocycles. The zero-order valence-corrected chi connectivity index (χ0v) is 17.4. The van der Waals surface area contributed by atoms with Crippen molar-refractivity contribution in [1.82, 2.24) is 5.32 Å². The quantitative estimate of drug-likeness (QED) is 0.581. The maximum absolute atomic E-state index is 13.6. The zero-order valence-electron chi connectivity index (χ0n) is 17.4. The second-order valence-electron chi connectivity index (χ2n) is 8.16. The van der Waals surface area contributed by atoms with Crippen LogP contribution in [-0.2, 0) is 0 Å². The number of hydrogen-bond donors (Lipinski definition) is 3. The molecular formula is C23H34FNO2. The van der Waals surface area contributed by atoms with Crippen molar-refractivity contribution in [1.29, 1.82) is 0 Å². The van der Waals surface area contributed by atoms with E-state index in [4.69, 9.17) is 0 Å². The topological polar surface area (TPSA) is 52.5 Å². The Morgan fingerprint density at radius 2 is 1.70 bits per heavy atom. The van der Waals surface area contributed by atoms with Gasteiger partial charge in [-0.25, -0.2) is 4.39 Å². The van der Waals surface area contributed by atoms with E-state index >= 15 is 0 Å². The van der Waals surface area contributed by atoms with Crippen LogP contribution >= 0.6 is 0 Å². The number of aliphatic hydroxyl groups excluding tert-OH is 1. The van der Waals surface area contributed by atoms with Crippen LogP contribution in [0.1, 0.15) is 72.3 Å². The first kappa shape index (κ1) is 21.5. The van der Waals surface area contributed by atoms with Gasteiger partial charge in [0.25, 0.3) is 0 Å². The van der Waals surface area contributed by atoms with Crippen molar-refractivity contribution >= 4 is 0 Å². The van der Waals surface area contributed by atoms with E-state index in [0.717, 1.165) is 36.2 Å². The second-order valence-corrected chi connectivity index (χ2v) is 8.16. The summed E-state index contributed by atoms with van der Waals surface area (Å²) >= 11 is 0. The number of halogens is 1. The Labute approximate surface area is 163 Å². The van der Waals surface area contributed by atoms with E-state index in [9.17, 15) is 14.6 Å². The van der Waals surface area contributed by atoms with E-state index in [1.165, 1.54) is 17.7 Å². The first-order valence-electron chi connectivity index (χ1n) is 10.1. The van der Waals surface area contributed by atoms with E-state index in [2.05, 4.69) is 39.9 Å². The van der Waals surface area contributed by atoms with Crippen molar-refractivity contribution in [3.05, 3.63) is 52.1 Å². The highest BCUT2D eigenvalue weighted by atomic mass is 19.1. The van der Waals surface area contributed by atoms with Crippen LogP contribution in [0.2, 0.25) is 0 Å². The van der Waals surface area contributed by atoms with Gasteiger partial charge in [-0.1, -0.05) is 47.1 Å². The molecule has 1 heterocycles. The SMILES string of the molecule is CCCCC1=C(C(C)C)NC(C(C)C)=C(C(C)O)C1c1ccc(F)cc1O. The van der Waals surface area contributed by atoms with E-state index in [-0.39, 0.29) is 23.5 Å². The lowest BCUT2D eigenvalue weighted by Crippen LogP contribution is -2.34. The predicted octanol–water partition coefficient (Wildman–Crippen LogP) is 5.61. The number of benzene rings is 1. The Kier molecular flexibility index (Phi) is 7.10. The highest BCUT2D eigenvalue weighted by Gasteiger charge is 2.36. The van der Waals surface area contributed by atoms with E-state index in [0.29, 0.717) is 5.56 Å². The number of nitrogens with one attached hydrogen (secondary N) is 1. The fraction of sp³-hybridized carbons (Fsp3) is 0.565. The molecule has 0 aliphatic carbocycles. The molecule has 1 aromatic rings. The molecule has 0 aromatic heterocycles. The van der Waals surface area contributed by atoms with Crippen LogP contribution in [0.4, 0.5) is 4.39 Å². The minimum absolute atomic E-state index is 0.0553. The molecular weight excluding hydrogens is 341 g/mol. The number of aromatic hydroxyl groups is 1. The van der Waals surface area contributed by atoms with Gasteiger partial charge in [0.05, 0.1) is 6.10 Å². The Hall–Kier alpha value is -1.81. The molecule has 0 bridgehead atoms. The van der Waals surface area contributed by atoms with Crippen LogP contribution < -0.4 is 5.32 Å². The van der Waals surface area contributed by atoms with Crippen LogP contribution in [0.5, 0.6) is 5.75 Å². The van der Waals surface area contributed by atoms with Crippen LogP contribution in [0.25, 0.3) is 0 Å². The van der Waals surface area contributed by atoms with Gasteiger partial charge >= 0.3 is 0 Å². The maximum atomic E-state index is 13.6. The molecule has 1 aliphatic rings. The average molecular weight is 376 g/mol.